The number of amidine groups is 1. The molecule has 1 atom stereocenters. The lowest BCUT2D eigenvalue weighted by molar-refractivity contribution is -0.145. The predicted molar refractivity (Wildman–Crippen MR) is 127 cm³/mol. The number of carbonyl (C=O) groups excluding carboxylic acids is 1. The van der Waals surface area contributed by atoms with Crippen LogP contribution in [0.1, 0.15) is 29.3 Å². The summed E-state index contributed by atoms with van der Waals surface area (Å²) < 4.78 is 5.66. The second-order valence-electron chi connectivity index (χ2n) is 6.95. The average molecular weight is 467 g/mol. The van der Waals surface area contributed by atoms with Gasteiger partial charge in [0.1, 0.15) is 5.75 Å². The molecule has 1 aliphatic rings. The third kappa shape index (κ3) is 5.69. The van der Waals surface area contributed by atoms with Gasteiger partial charge in [0.15, 0.2) is 11.3 Å². The fourth-order valence-electron chi connectivity index (χ4n) is 2.98. The van der Waals surface area contributed by atoms with Gasteiger partial charge in [-0.2, -0.15) is 0 Å². The molecule has 1 saturated heterocycles. The zero-order valence-corrected chi connectivity index (χ0v) is 18.6. The van der Waals surface area contributed by atoms with Crippen LogP contribution >= 0.6 is 11.8 Å². The largest absolute Gasteiger partial charge is 0.479 e. The molecular weight excluding hydrogens is 444 g/mol. The van der Waals surface area contributed by atoms with Gasteiger partial charge < -0.3 is 14.9 Å². The second kappa shape index (κ2) is 10.6. The highest BCUT2D eigenvalue weighted by Gasteiger charge is 2.33. The normalized spacial score (nSPS) is 16.8. The maximum absolute atomic E-state index is 13.0. The maximum Gasteiger partial charge on any atom is 0.344 e. The molecule has 0 bridgehead atoms. The summed E-state index contributed by atoms with van der Waals surface area (Å²) in [5.41, 5.74) is 1.21. The third-order valence-corrected chi connectivity index (χ3v) is 5.67. The fraction of sp³-hybridized carbons (Fsp3) is 0.167. The molecule has 1 aliphatic heterocycles. The number of thioether (sulfide) groups is 1. The summed E-state index contributed by atoms with van der Waals surface area (Å²) in [6, 6.07) is 12.9. The number of carbonyl (C=O) groups is 3. The molecule has 2 N–H and O–H groups in total. The van der Waals surface area contributed by atoms with Gasteiger partial charge in [-0.15, -0.1) is 6.58 Å². The summed E-state index contributed by atoms with van der Waals surface area (Å²) in [6.07, 6.45) is 2.52. The van der Waals surface area contributed by atoms with Crippen LogP contribution in [0.3, 0.4) is 0 Å². The van der Waals surface area contributed by atoms with Crippen molar-refractivity contribution >= 4 is 46.5 Å². The van der Waals surface area contributed by atoms with Crippen molar-refractivity contribution in [3.05, 3.63) is 77.2 Å². The van der Waals surface area contributed by atoms with Crippen LogP contribution in [0.2, 0.25) is 0 Å². The second-order valence-corrected chi connectivity index (χ2v) is 7.96. The van der Waals surface area contributed by atoms with E-state index in [0.717, 1.165) is 11.8 Å². The van der Waals surface area contributed by atoms with Crippen molar-refractivity contribution in [1.29, 1.82) is 0 Å². The van der Waals surface area contributed by atoms with Gasteiger partial charge in [-0.3, -0.25) is 9.69 Å². The van der Waals surface area contributed by atoms with Gasteiger partial charge >= 0.3 is 11.9 Å². The molecule has 0 radical (unpaired) electrons. The average Bonchev–Trinajstić information content (AvgIpc) is 3.07. The summed E-state index contributed by atoms with van der Waals surface area (Å²) >= 11 is 1.16. The smallest absolute Gasteiger partial charge is 0.344 e. The molecule has 1 heterocycles. The van der Waals surface area contributed by atoms with E-state index in [0.29, 0.717) is 33.5 Å². The van der Waals surface area contributed by atoms with Crippen LogP contribution < -0.4 is 4.74 Å². The van der Waals surface area contributed by atoms with Crippen LogP contribution in [0, 0.1) is 0 Å². The Bertz CT molecular complexity index is 1140. The van der Waals surface area contributed by atoms with Crippen molar-refractivity contribution in [2.45, 2.75) is 19.4 Å². The van der Waals surface area contributed by atoms with E-state index < -0.39 is 18.0 Å². The van der Waals surface area contributed by atoms with Crippen LogP contribution in [-0.4, -0.2) is 50.8 Å². The maximum atomic E-state index is 13.0. The van der Waals surface area contributed by atoms with E-state index in [-0.39, 0.29) is 18.0 Å². The standard InChI is InChI=1S/C24H22N2O6S/c1-3-13-26-21(27)20(33-24(26)25-17-11-9-15(10-12-17)22(28)29)14-16-7-5-6-8-19(16)32-18(4-2)23(30)31/h3,5-12,14,18H,1,4,13H2,2H3,(H,28,29)(H,30,31)/b20-14-,25-24?. The van der Waals surface area contributed by atoms with Gasteiger partial charge in [-0.05, 0) is 54.6 Å². The van der Waals surface area contributed by atoms with E-state index in [1.165, 1.54) is 17.0 Å². The number of amides is 1. The van der Waals surface area contributed by atoms with E-state index in [2.05, 4.69) is 11.6 Å². The minimum Gasteiger partial charge on any atom is -0.479 e. The zero-order chi connectivity index (χ0) is 24.0. The predicted octanol–water partition coefficient (Wildman–Crippen LogP) is 4.42. The minimum absolute atomic E-state index is 0.140. The molecule has 0 spiro atoms. The number of rotatable bonds is 9. The molecule has 3 rings (SSSR count). The monoisotopic (exact) mass is 466 g/mol. The van der Waals surface area contributed by atoms with Gasteiger partial charge in [0.05, 0.1) is 16.2 Å². The number of aliphatic carboxylic acids is 1. The Morgan fingerprint density at radius 1 is 1.18 bits per heavy atom. The first-order chi connectivity index (χ1) is 15.8. The first-order valence-electron chi connectivity index (χ1n) is 10.1. The molecule has 0 saturated carbocycles. The molecular formula is C24H22N2O6S. The summed E-state index contributed by atoms with van der Waals surface area (Å²) in [4.78, 5) is 41.8. The van der Waals surface area contributed by atoms with Crippen molar-refractivity contribution < 1.29 is 29.3 Å². The van der Waals surface area contributed by atoms with Crippen LogP contribution in [0.4, 0.5) is 5.69 Å². The van der Waals surface area contributed by atoms with Gasteiger partial charge in [0.2, 0.25) is 0 Å². The van der Waals surface area contributed by atoms with E-state index in [1.54, 1.807) is 55.5 Å². The molecule has 9 heteroatoms. The molecule has 0 aromatic heterocycles. The highest BCUT2D eigenvalue weighted by atomic mass is 32.2. The number of aromatic carboxylic acids is 1. The third-order valence-electron chi connectivity index (χ3n) is 4.66. The Labute approximate surface area is 194 Å². The summed E-state index contributed by atoms with van der Waals surface area (Å²) in [6.45, 7) is 5.65. The number of hydrogen-bond acceptors (Lipinski definition) is 6. The SMILES string of the molecule is C=CCN1C(=O)/C(=C/c2ccccc2OC(CC)C(=O)O)SC1=Nc1ccc(C(=O)O)cc1. The quantitative estimate of drug-likeness (QED) is 0.415. The summed E-state index contributed by atoms with van der Waals surface area (Å²) in [7, 11) is 0. The Balaban J connectivity index is 1.93. The number of ether oxygens (including phenoxy) is 1. The molecule has 2 aromatic rings. The van der Waals surface area contributed by atoms with Gasteiger partial charge in [-0.1, -0.05) is 31.2 Å². The number of carboxylic acids is 2. The van der Waals surface area contributed by atoms with Crippen LogP contribution in [0.15, 0.2) is 71.1 Å². The zero-order valence-electron chi connectivity index (χ0n) is 17.8. The molecule has 1 amide bonds. The first kappa shape index (κ1) is 23.8. The molecule has 170 valence electrons. The van der Waals surface area contributed by atoms with Crippen molar-refractivity contribution in [1.82, 2.24) is 4.90 Å². The Morgan fingerprint density at radius 2 is 1.88 bits per heavy atom. The number of aliphatic imine (C=N–C) groups is 1. The molecule has 1 unspecified atom stereocenters. The van der Waals surface area contributed by atoms with E-state index in [9.17, 15) is 19.5 Å². The Kier molecular flexibility index (Phi) is 7.68. The number of para-hydroxylation sites is 1. The minimum atomic E-state index is -1.06. The summed E-state index contributed by atoms with van der Waals surface area (Å²) in [5.74, 6) is -2.02. The number of nitrogens with zero attached hydrogens (tertiary/aromatic N) is 2. The van der Waals surface area contributed by atoms with Gasteiger partial charge in [-0.25, -0.2) is 14.6 Å². The number of hydrogen-bond donors (Lipinski definition) is 2. The molecule has 33 heavy (non-hydrogen) atoms. The Morgan fingerprint density at radius 3 is 2.48 bits per heavy atom. The number of carboxylic acid groups (broad SMARTS) is 2. The topological polar surface area (TPSA) is 117 Å². The molecule has 2 aromatic carbocycles. The lowest BCUT2D eigenvalue weighted by Crippen LogP contribution is -2.29. The summed E-state index contributed by atoms with van der Waals surface area (Å²) in [5, 5.41) is 18.8. The van der Waals surface area contributed by atoms with E-state index in [4.69, 9.17) is 9.84 Å². The first-order valence-corrected chi connectivity index (χ1v) is 10.9. The fourth-order valence-corrected chi connectivity index (χ4v) is 3.98. The highest BCUT2D eigenvalue weighted by Crippen LogP contribution is 2.35. The van der Waals surface area contributed by atoms with Crippen molar-refractivity contribution in [3.8, 4) is 5.75 Å². The molecule has 0 aliphatic carbocycles. The lowest BCUT2D eigenvalue weighted by atomic mass is 10.1. The van der Waals surface area contributed by atoms with Crippen molar-refractivity contribution in [2.24, 2.45) is 4.99 Å². The van der Waals surface area contributed by atoms with E-state index in [1.807, 2.05) is 0 Å². The van der Waals surface area contributed by atoms with E-state index >= 15 is 0 Å². The highest BCUT2D eigenvalue weighted by molar-refractivity contribution is 8.18. The van der Waals surface area contributed by atoms with Crippen molar-refractivity contribution in [2.75, 3.05) is 6.54 Å². The Hall–Kier alpha value is -3.85. The number of benzene rings is 2. The van der Waals surface area contributed by atoms with Gasteiger partial charge in [0, 0.05) is 12.1 Å². The molecule has 1 fully saturated rings. The van der Waals surface area contributed by atoms with Gasteiger partial charge in [0.25, 0.3) is 5.91 Å². The lowest BCUT2D eigenvalue weighted by Gasteiger charge is -2.15. The molecule has 8 nitrogen and oxygen atoms in total. The van der Waals surface area contributed by atoms with Crippen molar-refractivity contribution in [3.63, 3.8) is 0 Å². The van der Waals surface area contributed by atoms with Crippen LogP contribution in [0.25, 0.3) is 6.08 Å². The van der Waals surface area contributed by atoms with Crippen LogP contribution in [-0.2, 0) is 9.59 Å². The van der Waals surface area contributed by atoms with Crippen LogP contribution in [0.5, 0.6) is 5.75 Å².